The van der Waals surface area contributed by atoms with Crippen molar-refractivity contribution in [2.24, 2.45) is 0 Å². The summed E-state index contributed by atoms with van der Waals surface area (Å²) in [5, 5.41) is 3.86. The van der Waals surface area contributed by atoms with Crippen molar-refractivity contribution in [3.05, 3.63) is 23.1 Å². The molecule has 27 heavy (non-hydrogen) atoms. The van der Waals surface area contributed by atoms with Crippen LogP contribution in [-0.2, 0) is 0 Å². The molecule has 0 aliphatic carbocycles. The quantitative estimate of drug-likeness (QED) is 0.787. The lowest BCUT2D eigenvalue weighted by atomic mass is 10.1. The van der Waals surface area contributed by atoms with E-state index >= 15 is 0 Å². The second-order valence-electron chi connectivity index (χ2n) is 7.56. The van der Waals surface area contributed by atoms with Crippen LogP contribution in [0.2, 0.25) is 0 Å². The number of rotatable bonds is 6. The number of amides is 1. The maximum Gasteiger partial charge on any atom is 0.289 e. The van der Waals surface area contributed by atoms with E-state index in [4.69, 9.17) is 0 Å². The molecule has 1 aliphatic rings. The monoisotopic (exact) mass is 370 g/mol. The molecule has 1 amide bonds. The summed E-state index contributed by atoms with van der Waals surface area (Å²) in [5.41, 5.74) is 2.52. The fourth-order valence-electron chi connectivity index (χ4n) is 3.65. The Balaban J connectivity index is 1.70. The molecule has 0 aromatic carbocycles. The lowest BCUT2D eigenvalue weighted by Gasteiger charge is -2.26. The second kappa shape index (κ2) is 8.61. The topological polar surface area (TPSA) is 74.2 Å². The molecule has 1 N–H and O–H groups in total. The van der Waals surface area contributed by atoms with Gasteiger partial charge in [-0.15, -0.1) is 0 Å². The first-order valence-corrected chi connectivity index (χ1v) is 9.79. The van der Waals surface area contributed by atoms with Crippen LogP contribution in [0.25, 0.3) is 11.0 Å². The van der Waals surface area contributed by atoms with Gasteiger partial charge in [-0.1, -0.05) is 6.42 Å². The Morgan fingerprint density at radius 3 is 2.59 bits per heavy atom. The fourth-order valence-corrected chi connectivity index (χ4v) is 3.65. The van der Waals surface area contributed by atoms with Crippen molar-refractivity contribution in [2.75, 3.05) is 45.2 Å². The molecule has 0 spiro atoms. The molecule has 2 aromatic rings. The molecule has 1 saturated heterocycles. The molecule has 1 aliphatic heterocycles. The zero-order chi connectivity index (χ0) is 19.4. The molecule has 0 radical (unpaired) electrons. The van der Waals surface area contributed by atoms with Crippen LogP contribution in [0.4, 0.5) is 5.82 Å². The first kappa shape index (κ1) is 19.5. The summed E-state index contributed by atoms with van der Waals surface area (Å²) < 4.78 is 0. The Bertz CT molecular complexity index is 814. The van der Waals surface area contributed by atoms with Crippen molar-refractivity contribution in [3.63, 3.8) is 0 Å². The number of nitrogens with one attached hydrogen (secondary N) is 1. The van der Waals surface area contributed by atoms with Gasteiger partial charge in [0.25, 0.3) is 5.91 Å². The SMILES string of the molecule is Cc1cc(C)c2c(N(C)C)nc(C(=O)NCCCN3CCCCC3)nc2n1. The molecule has 2 aromatic heterocycles. The zero-order valence-corrected chi connectivity index (χ0v) is 16.9. The van der Waals surface area contributed by atoms with Crippen molar-refractivity contribution in [1.82, 2.24) is 25.2 Å². The van der Waals surface area contributed by atoms with Crippen LogP contribution in [0.1, 0.15) is 47.6 Å². The molecule has 1 fully saturated rings. The summed E-state index contributed by atoms with van der Waals surface area (Å²) in [6.07, 6.45) is 4.86. The number of carbonyl (C=O) groups excluding carboxylic acids is 1. The van der Waals surface area contributed by atoms with E-state index in [1.54, 1.807) is 0 Å². The molecule has 0 bridgehead atoms. The predicted molar refractivity (Wildman–Crippen MR) is 108 cm³/mol. The van der Waals surface area contributed by atoms with Crippen molar-refractivity contribution in [2.45, 2.75) is 39.5 Å². The maximum atomic E-state index is 12.6. The van der Waals surface area contributed by atoms with E-state index in [0.29, 0.717) is 12.2 Å². The summed E-state index contributed by atoms with van der Waals surface area (Å²) in [4.78, 5) is 30.4. The van der Waals surface area contributed by atoms with E-state index in [9.17, 15) is 4.79 Å². The summed E-state index contributed by atoms with van der Waals surface area (Å²) in [6.45, 7) is 7.98. The van der Waals surface area contributed by atoms with E-state index in [2.05, 4.69) is 25.2 Å². The maximum absolute atomic E-state index is 12.6. The normalized spacial score (nSPS) is 15.1. The van der Waals surface area contributed by atoms with Crippen LogP contribution >= 0.6 is 0 Å². The average Bonchev–Trinajstić information content (AvgIpc) is 2.64. The third-order valence-corrected chi connectivity index (χ3v) is 4.98. The minimum Gasteiger partial charge on any atom is -0.362 e. The summed E-state index contributed by atoms with van der Waals surface area (Å²) in [6, 6.07) is 2.01. The number of anilines is 1. The average molecular weight is 371 g/mol. The van der Waals surface area contributed by atoms with Gasteiger partial charge in [0.05, 0.1) is 5.39 Å². The van der Waals surface area contributed by atoms with Gasteiger partial charge in [0.1, 0.15) is 5.82 Å². The number of pyridine rings is 1. The number of hydrogen-bond donors (Lipinski definition) is 1. The number of hydrogen-bond acceptors (Lipinski definition) is 6. The summed E-state index contributed by atoms with van der Waals surface area (Å²) >= 11 is 0. The molecular formula is C20H30N6O. The fraction of sp³-hybridized carbons (Fsp3) is 0.600. The zero-order valence-electron chi connectivity index (χ0n) is 16.9. The van der Waals surface area contributed by atoms with Gasteiger partial charge in [-0.25, -0.2) is 15.0 Å². The molecule has 0 saturated carbocycles. The number of aromatic nitrogens is 3. The largest absolute Gasteiger partial charge is 0.362 e. The highest BCUT2D eigenvalue weighted by Crippen LogP contribution is 2.25. The van der Waals surface area contributed by atoms with Crippen molar-refractivity contribution in [1.29, 1.82) is 0 Å². The van der Waals surface area contributed by atoms with Crippen molar-refractivity contribution < 1.29 is 4.79 Å². The van der Waals surface area contributed by atoms with Gasteiger partial charge >= 0.3 is 0 Å². The third-order valence-electron chi connectivity index (χ3n) is 4.98. The Labute approximate surface area is 161 Å². The molecule has 146 valence electrons. The standard InChI is InChI=1S/C20H30N6O/c1-14-13-15(2)22-17-16(14)19(25(3)4)24-18(23-17)20(27)21-9-8-12-26-10-6-5-7-11-26/h13H,5-12H2,1-4H3,(H,21,27). The minimum absolute atomic E-state index is 0.182. The molecule has 7 nitrogen and oxygen atoms in total. The number of carbonyl (C=O) groups is 1. The van der Waals surface area contributed by atoms with E-state index in [1.165, 1.54) is 32.4 Å². The molecule has 7 heteroatoms. The number of likely N-dealkylation sites (tertiary alicyclic amines) is 1. The molecule has 0 unspecified atom stereocenters. The highest BCUT2D eigenvalue weighted by Gasteiger charge is 2.18. The number of aryl methyl sites for hydroxylation is 2. The van der Waals surface area contributed by atoms with Gasteiger partial charge in [0.15, 0.2) is 5.65 Å². The highest BCUT2D eigenvalue weighted by molar-refractivity contribution is 5.96. The lowest BCUT2D eigenvalue weighted by Crippen LogP contribution is -2.33. The molecule has 0 atom stereocenters. The van der Waals surface area contributed by atoms with Gasteiger partial charge in [0, 0.05) is 26.3 Å². The van der Waals surface area contributed by atoms with Crippen molar-refractivity contribution >= 4 is 22.8 Å². The number of nitrogens with zero attached hydrogens (tertiary/aromatic N) is 5. The Morgan fingerprint density at radius 1 is 1.15 bits per heavy atom. The van der Waals surface area contributed by atoms with E-state index in [0.717, 1.165) is 35.4 Å². The van der Waals surface area contributed by atoms with Crippen LogP contribution in [0.15, 0.2) is 6.07 Å². The van der Waals surface area contributed by atoms with Crippen LogP contribution < -0.4 is 10.2 Å². The second-order valence-corrected chi connectivity index (χ2v) is 7.56. The predicted octanol–water partition coefficient (Wildman–Crippen LogP) is 2.31. The highest BCUT2D eigenvalue weighted by atomic mass is 16.2. The summed E-state index contributed by atoms with van der Waals surface area (Å²) in [7, 11) is 3.84. The minimum atomic E-state index is -0.236. The lowest BCUT2D eigenvalue weighted by molar-refractivity contribution is 0.0941. The first-order chi connectivity index (χ1) is 13.0. The Hall–Kier alpha value is -2.28. The summed E-state index contributed by atoms with van der Waals surface area (Å²) in [5.74, 6) is 0.671. The smallest absolute Gasteiger partial charge is 0.289 e. The van der Waals surface area contributed by atoms with Gasteiger partial charge in [-0.3, -0.25) is 4.79 Å². The van der Waals surface area contributed by atoms with E-state index < -0.39 is 0 Å². The number of piperidine rings is 1. The molecule has 3 rings (SSSR count). The van der Waals surface area contributed by atoms with Crippen LogP contribution in [-0.4, -0.2) is 66.0 Å². The first-order valence-electron chi connectivity index (χ1n) is 9.79. The Morgan fingerprint density at radius 2 is 1.89 bits per heavy atom. The van der Waals surface area contributed by atoms with E-state index in [-0.39, 0.29) is 11.7 Å². The molecular weight excluding hydrogens is 340 g/mol. The van der Waals surface area contributed by atoms with Crippen LogP contribution in [0.5, 0.6) is 0 Å². The Kier molecular flexibility index (Phi) is 6.21. The van der Waals surface area contributed by atoms with Crippen molar-refractivity contribution in [3.8, 4) is 0 Å². The molecule has 3 heterocycles. The number of fused-ring (bicyclic) bond motifs is 1. The van der Waals surface area contributed by atoms with Crippen LogP contribution in [0.3, 0.4) is 0 Å². The van der Waals surface area contributed by atoms with Gasteiger partial charge in [0.2, 0.25) is 5.82 Å². The van der Waals surface area contributed by atoms with E-state index in [1.807, 2.05) is 38.9 Å². The van der Waals surface area contributed by atoms with Gasteiger partial charge < -0.3 is 15.1 Å². The third kappa shape index (κ3) is 4.71. The van der Waals surface area contributed by atoms with Gasteiger partial charge in [-0.05, 0) is 64.4 Å². The van der Waals surface area contributed by atoms with Gasteiger partial charge in [-0.2, -0.15) is 0 Å². The van der Waals surface area contributed by atoms with Crippen LogP contribution in [0, 0.1) is 13.8 Å².